The number of hydrogen-bond donors (Lipinski definition) is 0. The van der Waals surface area contributed by atoms with E-state index in [1.807, 2.05) is 0 Å². The van der Waals surface area contributed by atoms with Gasteiger partial charge in [-0.25, -0.2) is 18.6 Å². The summed E-state index contributed by atoms with van der Waals surface area (Å²) in [6, 6.07) is 0. The summed E-state index contributed by atoms with van der Waals surface area (Å²) in [7, 11) is 1.26. The molecule has 0 unspecified atom stereocenters. The normalized spacial score (nSPS) is 10.5. The summed E-state index contributed by atoms with van der Waals surface area (Å²) < 4.78 is 35.4. The Morgan fingerprint density at radius 3 is 2.65 bits per heavy atom. The highest BCUT2D eigenvalue weighted by Gasteiger charge is 2.26. The second-order valence-corrected chi connectivity index (χ2v) is 3.26. The first kappa shape index (κ1) is 13.3. The molecule has 0 bridgehead atoms. The van der Waals surface area contributed by atoms with Gasteiger partial charge in [0, 0.05) is 11.8 Å². The second kappa shape index (κ2) is 5.56. The zero-order chi connectivity index (χ0) is 13.0. The van der Waals surface area contributed by atoms with Crippen LogP contribution >= 0.6 is 0 Å². The lowest BCUT2D eigenvalue weighted by atomic mass is 10.1. The summed E-state index contributed by atoms with van der Waals surface area (Å²) in [5.74, 6) is -1.000. The van der Waals surface area contributed by atoms with Crippen molar-refractivity contribution in [3.63, 3.8) is 0 Å². The minimum Gasteiger partial charge on any atom is -0.480 e. The Kier molecular flexibility index (Phi) is 4.37. The van der Waals surface area contributed by atoms with Gasteiger partial charge in [0.15, 0.2) is 0 Å². The number of ether oxygens (including phenoxy) is 2. The van der Waals surface area contributed by atoms with Gasteiger partial charge in [0.25, 0.3) is 6.43 Å². The van der Waals surface area contributed by atoms with Gasteiger partial charge >= 0.3 is 5.97 Å². The molecular formula is C11H13F2NO3. The van der Waals surface area contributed by atoms with Gasteiger partial charge in [-0.3, -0.25) is 0 Å². The van der Waals surface area contributed by atoms with Crippen LogP contribution in [0.2, 0.25) is 0 Å². The molecule has 1 rings (SSSR count). The third kappa shape index (κ3) is 2.69. The molecule has 0 fully saturated rings. The molecule has 0 amide bonds. The molecule has 0 aliphatic rings. The Labute approximate surface area is 97.6 Å². The lowest BCUT2D eigenvalue weighted by Crippen LogP contribution is -2.13. The van der Waals surface area contributed by atoms with E-state index in [1.165, 1.54) is 20.2 Å². The van der Waals surface area contributed by atoms with Gasteiger partial charge < -0.3 is 9.47 Å². The average Bonchev–Trinajstić information content (AvgIpc) is 2.28. The van der Waals surface area contributed by atoms with Gasteiger partial charge in [0.05, 0.1) is 13.7 Å². The zero-order valence-electron chi connectivity index (χ0n) is 9.79. The van der Waals surface area contributed by atoms with Crippen LogP contribution in [-0.2, 0) is 4.74 Å². The third-order valence-corrected chi connectivity index (χ3v) is 2.17. The van der Waals surface area contributed by atoms with E-state index in [-0.39, 0.29) is 23.6 Å². The van der Waals surface area contributed by atoms with Crippen LogP contribution in [-0.4, -0.2) is 24.7 Å². The molecule has 17 heavy (non-hydrogen) atoms. The molecule has 0 aromatic carbocycles. The van der Waals surface area contributed by atoms with Crippen molar-refractivity contribution in [3.8, 4) is 5.88 Å². The number of carbonyl (C=O) groups excluding carboxylic acids is 1. The maximum atomic E-state index is 12.9. The van der Waals surface area contributed by atoms with Crippen LogP contribution in [0, 0.1) is 6.92 Å². The highest BCUT2D eigenvalue weighted by molar-refractivity contribution is 5.94. The monoisotopic (exact) mass is 245 g/mol. The van der Waals surface area contributed by atoms with Crippen LogP contribution in [0.15, 0.2) is 6.20 Å². The molecular weight excluding hydrogens is 232 g/mol. The number of aromatic nitrogens is 1. The molecule has 0 saturated carbocycles. The quantitative estimate of drug-likeness (QED) is 0.765. The van der Waals surface area contributed by atoms with Crippen molar-refractivity contribution >= 4 is 5.97 Å². The molecule has 6 heteroatoms. The topological polar surface area (TPSA) is 48.4 Å². The first-order valence-corrected chi connectivity index (χ1v) is 5.01. The summed E-state index contributed by atoms with van der Waals surface area (Å²) in [5, 5.41) is 0. The number of nitrogens with zero attached hydrogens (tertiary/aromatic N) is 1. The molecule has 0 atom stereocenters. The molecule has 0 N–H and O–H groups in total. The highest BCUT2D eigenvalue weighted by atomic mass is 19.3. The van der Waals surface area contributed by atoms with Gasteiger partial charge in [-0.2, -0.15) is 0 Å². The van der Waals surface area contributed by atoms with Crippen LogP contribution in [0.3, 0.4) is 0 Å². The van der Waals surface area contributed by atoms with Gasteiger partial charge in [-0.15, -0.1) is 0 Å². The summed E-state index contributed by atoms with van der Waals surface area (Å²) >= 11 is 0. The number of aryl methyl sites for hydroxylation is 1. The molecule has 0 aliphatic carbocycles. The molecule has 0 radical (unpaired) electrons. The number of methoxy groups -OCH3 is 1. The van der Waals surface area contributed by atoms with Crippen molar-refractivity contribution in [2.24, 2.45) is 0 Å². The van der Waals surface area contributed by atoms with Crippen molar-refractivity contribution in [2.45, 2.75) is 20.3 Å². The van der Waals surface area contributed by atoms with E-state index < -0.39 is 18.0 Å². The second-order valence-electron chi connectivity index (χ2n) is 3.26. The fourth-order valence-electron chi connectivity index (χ4n) is 1.44. The summed E-state index contributed by atoms with van der Waals surface area (Å²) in [6.45, 7) is 3.14. The van der Waals surface area contributed by atoms with E-state index in [0.29, 0.717) is 0 Å². The number of halogens is 2. The standard InChI is InChI=1S/C11H13F2NO3/c1-4-17-11(15)8-7(9(12)13)6(2)5-14-10(8)16-3/h5,9H,4H2,1-3H3. The highest BCUT2D eigenvalue weighted by Crippen LogP contribution is 2.31. The summed E-state index contributed by atoms with van der Waals surface area (Å²) in [4.78, 5) is 15.4. The van der Waals surface area contributed by atoms with Gasteiger partial charge in [0.2, 0.25) is 5.88 Å². The van der Waals surface area contributed by atoms with E-state index in [0.717, 1.165) is 0 Å². The SMILES string of the molecule is CCOC(=O)c1c(OC)ncc(C)c1C(F)F. The first-order chi connectivity index (χ1) is 8.02. The average molecular weight is 245 g/mol. The van der Waals surface area contributed by atoms with Crippen LogP contribution in [0.4, 0.5) is 8.78 Å². The first-order valence-electron chi connectivity index (χ1n) is 5.01. The van der Waals surface area contributed by atoms with Gasteiger partial charge in [-0.1, -0.05) is 0 Å². The number of rotatable bonds is 4. The predicted molar refractivity (Wildman–Crippen MR) is 56.4 cm³/mol. The third-order valence-electron chi connectivity index (χ3n) is 2.17. The lowest BCUT2D eigenvalue weighted by Gasteiger charge is -2.13. The molecule has 4 nitrogen and oxygen atoms in total. The minimum absolute atomic E-state index is 0.0958. The van der Waals surface area contributed by atoms with E-state index in [2.05, 4.69) is 4.98 Å². The van der Waals surface area contributed by atoms with Crippen LogP contribution < -0.4 is 4.74 Å². The molecule has 1 heterocycles. The molecule has 94 valence electrons. The van der Waals surface area contributed by atoms with E-state index in [4.69, 9.17) is 9.47 Å². The zero-order valence-corrected chi connectivity index (χ0v) is 9.79. The maximum Gasteiger partial charge on any atom is 0.344 e. The molecule has 0 aliphatic heterocycles. The van der Waals surface area contributed by atoms with E-state index >= 15 is 0 Å². The number of pyridine rings is 1. The van der Waals surface area contributed by atoms with Gasteiger partial charge in [-0.05, 0) is 19.4 Å². The minimum atomic E-state index is -2.79. The predicted octanol–water partition coefficient (Wildman–Crippen LogP) is 2.51. The Bertz CT molecular complexity index is 421. The van der Waals surface area contributed by atoms with Crippen molar-refractivity contribution in [1.82, 2.24) is 4.98 Å². The number of hydrogen-bond acceptors (Lipinski definition) is 4. The van der Waals surface area contributed by atoms with Crippen LogP contribution in [0.25, 0.3) is 0 Å². The van der Waals surface area contributed by atoms with Crippen molar-refractivity contribution < 1.29 is 23.0 Å². The fourth-order valence-corrected chi connectivity index (χ4v) is 1.44. The van der Waals surface area contributed by atoms with Crippen molar-refractivity contribution in [3.05, 3.63) is 22.9 Å². The number of alkyl halides is 2. The van der Waals surface area contributed by atoms with Crippen molar-refractivity contribution in [2.75, 3.05) is 13.7 Å². The molecule has 1 aromatic rings. The number of carbonyl (C=O) groups is 1. The summed E-state index contributed by atoms with van der Waals surface area (Å²) in [5.41, 5.74) is -0.469. The lowest BCUT2D eigenvalue weighted by molar-refractivity contribution is 0.0509. The molecule has 0 saturated heterocycles. The van der Waals surface area contributed by atoms with Gasteiger partial charge in [0.1, 0.15) is 5.56 Å². The largest absolute Gasteiger partial charge is 0.480 e. The molecule has 0 spiro atoms. The summed E-state index contributed by atoms with van der Waals surface area (Å²) in [6.07, 6.45) is -1.55. The Morgan fingerprint density at radius 2 is 2.18 bits per heavy atom. The maximum absolute atomic E-state index is 12.9. The Balaban J connectivity index is 3.40. The van der Waals surface area contributed by atoms with Crippen LogP contribution in [0.1, 0.15) is 34.8 Å². The number of esters is 1. The van der Waals surface area contributed by atoms with E-state index in [9.17, 15) is 13.6 Å². The smallest absolute Gasteiger partial charge is 0.344 e. The van der Waals surface area contributed by atoms with Crippen molar-refractivity contribution in [1.29, 1.82) is 0 Å². The van der Waals surface area contributed by atoms with E-state index in [1.54, 1.807) is 6.92 Å². The Hall–Kier alpha value is -1.72. The fraction of sp³-hybridized carbons (Fsp3) is 0.455. The Morgan fingerprint density at radius 1 is 1.53 bits per heavy atom. The molecule has 1 aromatic heterocycles. The van der Waals surface area contributed by atoms with Crippen LogP contribution in [0.5, 0.6) is 5.88 Å².